The maximum atomic E-state index is 4.66. The minimum absolute atomic E-state index is 1.06. The van der Waals surface area contributed by atoms with Crippen molar-refractivity contribution in [1.82, 2.24) is 0 Å². The van der Waals surface area contributed by atoms with Gasteiger partial charge in [-0.1, -0.05) is 24.3 Å². The molecule has 2 heteroatoms. The molecule has 0 saturated carbocycles. The summed E-state index contributed by atoms with van der Waals surface area (Å²) in [6.07, 6.45) is 1.94. The number of benzene rings is 2. The summed E-state index contributed by atoms with van der Waals surface area (Å²) in [5, 5.41) is 2.27. The maximum Gasteiger partial charge on any atom is 0.0723 e. The van der Waals surface area contributed by atoms with Crippen LogP contribution >= 0.6 is 0 Å². The van der Waals surface area contributed by atoms with E-state index in [0.717, 1.165) is 16.8 Å². The average molecular weight is 218 g/mol. The van der Waals surface area contributed by atoms with Gasteiger partial charge in [0.05, 0.1) is 11.0 Å². The molecule has 0 bridgehead atoms. The molecule has 2 aromatic carbocycles. The van der Waals surface area contributed by atoms with Gasteiger partial charge in [-0.3, -0.25) is 4.99 Å². The van der Waals surface area contributed by atoms with Gasteiger partial charge < -0.3 is 0 Å². The second-order valence-electron chi connectivity index (χ2n) is 4.40. The number of rotatable bonds is 0. The summed E-state index contributed by atoms with van der Waals surface area (Å²) in [4.78, 5) is 9.06. The lowest BCUT2D eigenvalue weighted by atomic mass is 9.96. The smallest absolute Gasteiger partial charge is 0.0723 e. The monoisotopic (exact) mass is 218 g/mol. The van der Waals surface area contributed by atoms with Crippen LogP contribution in [-0.2, 0) is 0 Å². The van der Waals surface area contributed by atoms with Crippen LogP contribution in [0.4, 0.5) is 5.69 Å². The highest BCUT2D eigenvalue weighted by atomic mass is 14.8. The van der Waals surface area contributed by atoms with Crippen LogP contribution in [0, 0.1) is 0 Å². The Morgan fingerprint density at radius 1 is 0.941 bits per heavy atom. The third-order valence-electron chi connectivity index (χ3n) is 3.39. The minimum Gasteiger partial charge on any atom is -0.260 e. The molecular formula is C15H10N2. The van der Waals surface area contributed by atoms with Crippen molar-refractivity contribution in [2.24, 2.45) is 9.98 Å². The Bertz CT molecular complexity index is 798. The molecule has 17 heavy (non-hydrogen) atoms. The van der Waals surface area contributed by atoms with Gasteiger partial charge in [0.25, 0.3) is 0 Å². The van der Waals surface area contributed by atoms with Crippen molar-refractivity contribution in [3.05, 3.63) is 52.5 Å². The number of hydrogen-bond donors (Lipinski definition) is 0. The molecule has 2 heterocycles. The van der Waals surface area contributed by atoms with E-state index in [1.807, 2.05) is 12.3 Å². The molecule has 0 atom stereocenters. The summed E-state index contributed by atoms with van der Waals surface area (Å²) in [5.74, 6) is 0. The van der Waals surface area contributed by atoms with Crippen molar-refractivity contribution in [2.45, 2.75) is 6.92 Å². The lowest BCUT2D eigenvalue weighted by molar-refractivity contribution is 1.40. The van der Waals surface area contributed by atoms with E-state index >= 15 is 0 Å². The van der Waals surface area contributed by atoms with E-state index in [4.69, 9.17) is 0 Å². The van der Waals surface area contributed by atoms with E-state index in [0.29, 0.717) is 0 Å². The topological polar surface area (TPSA) is 24.7 Å². The van der Waals surface area contributed by atoms with Gasteiger partial charge in [-0.2, -0.15) is 0 Å². The zero-order chi connectivity index (χ0) is 11.4. The van der Waals surface area contributed by atoms with Crippen molar-refractivity contribution in [3.63, 3.8) is 0 Å². The normalized spacial score (nSPS) is 14.3. The third-order valence-corrected chi connectivity index (χ3v) is 3.39. The Labute approximate surface area is 98.7 Å². The molecule has 0 unspecified atom stereocenters. The summed E-state index contributed by atoms with van der Waals surface area (Å²) in [6, 6.07) is 12.5. The van der Waals surface area contributed by atoms with Crippen LogP contribution in [0.15, 0.2) is 46.4 Å². The van der Waals surface area contributed by atoms with Gasteiger partial charge in [-0.25, -0.2) is 4.99 Å². The first-order valence-corrected chi connectivity index (χ1v) is 5.71. The number of fused-ring (bicyclic) bond motifs is 5. The van der Waals surface area contributed by atoms with Gasteiger partial charge >= 0.3 is 0 Å². The Balaban J connectivity index is 2.21. The number of nitrogens with zero attached hydrogens (tertiary/aromatic N) is 2. The molecule has 2 aromatic rings. The molecule has 2 nitrogen and oxygen atoms in total. The molecule has 2 aliphatic rings. The molecule has 0 aromatic heterocycles. The number of para-hydroxylation sites is 1. The summed E-state index contributed by atoms with van der Waals surface area (Å²) in [7, 11) is 0. The number of aliphatic imine (C=N–C) groups is 1. The van der Waals surface area contributed by atoms with Crippen molar-refractivity contribution < 1.29 is 0 Å². The van der Waals surface area contributed by atoms with Gasteiger partial charge in [-0.05, 0) is 19.1 Å². The maximum absolute atomic E-state index is 4.66. The first-order chi connectivity index (χ1) is 8.34. The predicted molar refractivity (Wildman–Crippen MR) is 69.0 cm³/mol. The Morgan fingerprint density at radius 2 is 1.82 bits per heavy atom. The van der Waals surface area contributed by atoms with E-state index in [9.17, 15) is 0 Å². The molecule has 0 radical (unpaired) electrons. The van der Waals surface area contributed by atoms with E-state index < -0.39 is 0 Å². The van der Waals surface area contributed by atoms with E-state index in [1.54, 1.807) is 0 Å². The molecular weight excluding hydrogens is 208 g/mol. The quantitative estimate of drug-likeness (QED) is 0.552. The highest BCUT2D eigenvalue weighted by Crippen LogP contribution is 2.33. The molecule has 0 N–H and O–H groups in total. The van der Waals surface area contributed by atoms with Gasteiger partial charge in [0.1, 0.15) is 0 Å². The largest absolute Gasteiger partial charge is 0.260 e. The molecule has 0 amide bonds. The molecule has 4 rings (SSSR count). The predicted octanol–water partition coefficient (Wildman–Crippen LogP) is 2.18. The van der Waals surface area contributed by atoms with Crippen LogP contribution < -0.4 is 10.6 Å². The summed E-state index contributed by atoms with van der Waals surface area (Å²) in [5.41, 5.74) is 5.87. The fourth-order valence-corrected chi connectivity index (χ4v) is 2.61. The molecule has 0 fully saturated rings. The third kappa shape index (κ3) is 1.04. The summed E-state index contributed by atoms with van der Waals surface area (Å²) < 4.78 is 0. The lowest BCUT2D eigenvalue weighted by Crippen LogP contribution is -2.17. The van der Waals surface area contributed by atoms with Crippen LogP contribution in [0.2, 0.25) is 0 Å². The first kappa shape index (κ1) is 8.88. The summed E-state index contributed by atoms with van der Waals surface area (Å²) in [6.45, 7) is 2.06. The van der Waals surface area contributed by atoms with Crippen LogP contribution in [0.3, 0.4) is 0 Å². The first-order valence-electron chi connectivity index (χ1n) is 5.71. The van der Waals surface area contributed by atoms with Gasteiger partial charge in [0.15, 0.2) is 0 Å². The van der Waals surface area contributed by atoms with Crippen molar-refractivity contribution >= 4 is 17.6 Å². The van der Waals surface area contributed by atoms with E-state index in [2.05, 4.69) is 47.2 Å². The second kappa shape index (κ2) is 2.92. The van der Waals surface area contributed by atoms with E-state index in [-0.39, 0.29) is 0 Å². The van der Waals surface area contributed by atoms with Crippen LogP contribution in [-0.4, -0.2) is 5.71 Å². The van der Waals surface area contributed by atoms with Crippen LogP contribution in [0.1, 0.15) is 12.5 Å². The highest BCUT2D eigenvalue weighted by Gasteiger charge is 2.20. The molecule has 0 aliphatic carbocycles. The summed E-state index contributed by atoms with van der Waals surface area (Å²) >= 11 is 0. The number of hydrogen-bond acceptors (Lipinski definition) is 2. The lowest BCUT2D eigenvalue weighted by Gasteiger charge is -2.04. The second-order valence-corrected chi connectivity index (χ2v) is 4.40. The van der Waals surface area contributed by atoms with Gasteiger partial charge in [-0.15, -0.1) is 0 Å². The Morgan fingerprint density at radius 3 is 2.76 bits per heavy atom. The Kier molecular flexibility index (Phi) is 1.52. The van der Waals surface area contributed by atoms with E-state index in [1.165, 1.54) is 21.9 Å². The van der Waals surface area contributed by atoms with Crippen molar-refractivity contribution in [1.29, 1.82) is 0 Å². The molecule has 0 spiro atoms. The SMILES string of the molecule is CC1=NC=c2ccc3c(c21)-c1ccccc1N=3. The van der Waals surface area contributed by atoms with Gasteiger partial charge in [0, 0.05) is 33.8 Å². The van der Waals surface area contributed by atoms with Crippen molar-refractivity contribution in [2.75, 3.05) is 0 Å². The molecule has 2 aliphatic heterocycles. The highest BCUT2D eigenvalue weighted by molar-refractivity contribution is 6.09. The standard InChI is InChI=1S/C15H10N2/c1-9-14-10(8-16-9)6-7-13-15(14)11-4-2-3-5-12(11)17-13/h2-8H,1H3. The van der Waals surface area contributed by atoms with Crippen LogP contribution in [0.25, 0.3) is 17.3 Å². The zero-order valence-electron chi connectivity index (χ0n) is 9.44. The fraction of sp³-hybridized carbons (Fsp3) is 0.0667. The Hall–Kier alpha value is -2.22. The molecule has 0 saturated heterocycles. The van der Waals surface area contributed by atoms with Crippen molar-refractivity contribution in [3.8, 4) is 11.1 Å². The fourth-order valence-electron chi connectivity index (χ4n) is 2.61. The molecule has 80 valence electrons. The van der Waals surface area contributed by atoms with Crippen LogP contribution in [0.5, 0.6) is 0 Å². The average Bonchev–Trinajstić information content (AvgIpc) is 2.90. The van der Waals surface area contributed by atoms with Gasteiger partial charge in [0.2, 0.25) is 0 Å². The zero-order valence-corrected chi connectivity index (χ0v) is 9.44. The minimum atomic E-state index is 1.06.